The maximum atomic E-state index is 12.8. The molecule has 29 heavy (non-hydrogen) atoms. The number of benzene rings is 2. The lowest BCUT2D eigenvalue weighted by Gasteiger charge is -2.25. The van der Waals surface area contributed by atoms with Crippen molar-refractivity contribution in [2.45, 2.75) is 24.2 Å². The predicted octanol–water partition coefficient (Wildman–Crippen LogP) is 3.32. The van der Waals surface area contributed by atoms with Crippen LogP contribution in [0.1, 0.15) is 28.7 Å². The Morgan fingerprint density at radius 2 is 1.66 bits per heavy atom. The molecule has 2 fully saturated rings. The molecule has 2 aromatic carbocycles. The van der Waals surface area contributed by atoms with Crippen molar-refractivity contribution < 1.29 is 13.2 Å². The Kier molecular flexibility index (Phi) is 6.86. The smallest absolute Gasteiger partial charge is 0.326 e. The van der Waals surface area contributed by atoms with Crippen LogP contribution in [0, 0.1) is 5.92 Å². The zero-order valence-electron chi connectivity index (χ0n) is 15.9. The molecule has 0 aliphatic carbocycles. The number of hydrogen-bond donors (Lipinski definition) is 3. The normalized spacial score (nSPS) is 27.7. The quantitative estimate of drug-likeness (QED) is 0.702. The number of nitrogens with zero attached hydrogens (tertiary/aromatic N) is 1. The second kappa shape index (κ2) is 9.02. The van der Waals surface area contributed by atoms with Gasteiger partial charge < -0.3 is 10.6 Å². The van der Waals surface area contributed by atoms with E-state index in [1.54, 1.807) is 12.1 Å². The first-order valence-corrected chi connectivity index (χ1v) is 9.60. The van der Waals surface area contributed by atoms with Crippen LogP contribution < -0.4 is 16.6 Å². The summed E-state index contributed by atoms with van der Waals surface area (Å²) in [6.07, 6.45) is -4.31. The molecule has 0 radical (unpaired) electrons. The zero-order chi connectivity index (χ0) is 19.7. The maximum Gasteiger partial charge on any atom is 0.416 e. The van der Waals surface area contributed by atoms with E-state index >= 15 is 0 Å². The van der Waals surface area contributed by atoms with Gasteiger partial charge in [-0.2, -0.15) is 13.2 Å². The summed E-state index contributed by atoms with van der Waals surface area (Å²) in [6, 6.07) is 15.9. The molecule has 2 unspecified atom stereocenters. The van der Waals surface area contributed by atoms with Crippen molar-refractivity contribution in [2.24, 2.45) is 11.7 Å². The highest BCUT2D eigenvalue weighted by Crippen LogP contribution is 2.33. The topological polar surface area (TPSA) is 53.3 Å². The highest BCUT2D eigenvalue weighted by atomic mass is 35.5. The highest BCUT2D eigenvalue weighted by Gasteiger charge is 2.36. The van der Waals surface area contributed by atoms with E-state index in [-0.39, 0.29) is 30.4 Å². The molecule has 8 heteroatoms. The van der Waals surface area contributed by atoms with E-state index in [1.165, 1.54) is 5.56 Å². The van der Waals surface area contributed by atoms with Crippen molar-refractivity contribution in [3.05, 3.63) is 71.3 Å². The van der Waals surface area contributed by atoms with Gasteiger partial charge in [0, 0.05) is 44.1 Å². The van der Waals surface area contributed by atoms with Crippen LogP contribution in [0.25, 0.3) is 0 Å². The first kappa shape index (κ1) is 22.1. The van der Waals surface area contributed by atoms with Gasteiger partial charge in [-0.25, -0.2) is 5.43 Å². The lowest BCUT2D eigenvalue weighted by Crippen LogP contribution is -2.33. The fourth-order valence-corrected chi connectivity index (χ4v) is 4.39. The lowest BCUT2D eigenvalue weighted by molar-refractivity contribution is -0.137. The summed E-state index contributed by atoms with van der Waals surface area (Å²) < 4.78 is 38.4. The van der Waals surface area contributed by atoms with E-state index in [4.69, 9.17) is 5.73 Å². The van der Waals surface area contributed by atoms with Crippen molar-refractivity contribution in [3.8, 4) is 0 Å². The van der Waals surface area contributed by atoms with Gasteiger partial charge in [-0.3, -0.25) is 5.43 Å². The first-order chi connectivity index (χ1) is 13.4. The van der Waals surface area contributed by atoms with Crippen LogP contribution in [0.2, 0.25) is 0 Å². The predicted molar refractivity (Wildman–Crippen MR) is 110 cm³/mol. The van der Waals surface area contributed by atoms with E-state index in [9.17, 15) is 13.2 Å². The van der Waals surface area contributed by atoms with Gasteiger partial charge in [-0.05, 0) is 23.3 Å². The molecular weight excluding hydrogens is 401 g/mol. The second-order valence-electron chi connectivity index (χ2n) is 7.78. The Labute approximate surface area is 175 Å². The molecule has 4 rings (SSSR count). The van der Waals surface area contributed by atoms with Crippen molar-refractivity contribution in [2.75, 3.05) is 26.2 Å². The van der Waals surface area contributed by atoms with Gasteiger partial charge >= 0.3 is 6.18 Å². The van der Waals surface area contributed by atoms with E-state index in [0.717, 1.165) is 43.9 Å². The molecule has 4 atom stereocenters. The Bertz CT molecular complexity index is 785. The van der Waals surface area contributed by atoms with Gasteiger partial charge in [0.25, 0.3) is 0 Å². The Morgan fingerprint density at radius 3 is 2.31 bits per heavy atom. The third kappa shape index (κ3) is 4.92. The molecule has 0 saturated carbocycles. The van der Waals surface area contributed by atoms with Crippen LogP contribution in [0.4, 0.5) is 13.2 Å². The fraction of sp³-hybridized carbons (Fsp3) is 0.429. The first-order valence-electron chi connectivity index (χ1n) is 9.60. The molecule has 4 nitrogen and oxygen atoms in total. The van der Waals surface area contributed by atoms with Gasteiger partial charge in [0.1, 0.15) is 0 Å². The van der Waals surface area contributed by atoms with Crippen molar-refractivity contribution in [3.63, 3.8) is 0 Å². The summed E-state index contributed by atoms with van der Waals surface area (Å²) in [5.74, 6) is 0.575. The van der Waals surface area contributed by atoms with Crippen LogP contribution >= 0.6 is 12.4 Å². The summed E-state index contributed by atoms with van der Waals surface area (Å²) in [7, 11) is 0. The second-order valence-corrected chi connectivity index (χ2v) is 7.78. The molecule has 2 aliphatic rings. The van der Waals surface area contributed by atoms with Crippen LogP contribution in [0.5, 0.6) is 0 Å². The van der Waals surface area contributed by atoms with Crippen LogP contribution in [0.3, 0.4) is 0 Å². The third-order valence-electron chi connectivity index (χ3n) is 5.85. The molecular formula is C21H26ClF3N4. The number of nitrogens with one attached hydrogen (secondary N) is 2. The van der Waals surface area contributed by atoms with E-state index in [2.05, 4.69) is 27.9 Å². The van der Waals surface area contributed by atoms with Crippen molar-refractivity contribution in [1.29, 1.82) is 0 Å². The minimum Gasteiger partial charge on any atom is -0.326 e. The van der Waals surface area contributed by atoms with Gasteiger partial charge in [-0.15, -0.1) is 12.4 Å². The number of nitrogens with two attached hydrogens (primary N) is 1. The van der Waals surface area contributed by atoms with Crippen molar-refractivity contribution in [1.82, 2.24) is 15.8 Å². The molecule has 2 aromatic rings. The van der Waals surface area contributed by atoms with E-state index in [1.807, 2.05) is 18.2 Å². The van der Waals surface area contributed by atoms with Crippen LogP contribution in [-0.4, -0.2) is 37.1 Å². The molecule has 158 valence electrons. The summed E-state index contributed by atoms with van der Waals surface area (Å²) in [6.45, 7) is 3.35. The monoisotopic (exact) mass is 426 g/mol. The lowest BCUT2D eigenvalue weighted by atomic mass is 9.93. The van der Waals surface area contributed by atoms with Gasteiger partial charge in [-0.1, -0.05) is 42.5 Å². The summed E-state index contributed by atoms with van der Waals surface area (Å²) in [4.78, 5) is 2.37. The molecule has 4 N–H and O–H groups in total. The number of hydrazine groups is 1. The third-order valence-corrected chi connectivity index (χ3v) is 5.85. The SMILES string of the molecule is Cl.N[C@@H]1CN(CC2CNNC2c2ccc(C(F)(F)F)cc2)C[C@H]1c1ccccc1. The zero-order valence-corrected chi connectivity index (χ0v) is 16.7. The summed E-state index contributed by atoms with van der Waals surface area (Å²) in [5.41, 5.74) is 14.3. The minimum atomic E-state index is -4.31. The van der Waals surface area contributed by atoms with Crippen LogP contribution in [0.15, 0.2) is 54.6 Å². The van der Waals surface area contributed by atoms with Gasteiger partial charge in [0.15, 0.2) is 0 Å². The van der Waals surface area contributed by atoms with Crippen LogP contribution in [-0.2, 0) is 6.18 Å². The molecule has 2 heterocycles. The summed E-state index contributed by atoms with van der Waals surface area (Å²) in [5, 5.41) is 0. The number of halogens is 4. The molecule has 0 bridgehead atoms. The highest BCUT2D eigenvalue weighted by molar-refractivity contribution is 5.85. The molecule has 2 aliphatic heterocycles. The Balaban J connectivity index is 0.00000240. The molecule has 0 spiro atoms. The minimum absolute atomic E-state index is 0. The molecule has 0 aromatic heterocycles. The molecule has 2 saturated heterocycles. The average Bonchev–Trinajstić information content (AvgIpc) is 3.28. The van der Waals surface area contributed by atoms with Gasteiger partial charge in [0.2, 0.25) is 0 Å². The average molecular weight is 427 g/mol. The number of alkyl halides is 3. The number of likely N-dealkylation sites (tertiary alicyclic amines) is 1. The van der Waals surface area contributed by atoms with E-state index in [0.29, 0.717) is 5.92 Å². The largest absolute Gasteiger partial charge is 0.416 e. The standard InChI is InChI=1S/C21H25F3N4.ClH/c22-21(23,24)17-8-6-15(7-9-17)20-16(10-26-27-20)11-28-12-18(19(25)13-28)14-4-2-1-3-5-14;/h1-9,16,18-20,26-27H,10-13,25H2;1H/t16?,18-,19+,20?;/m0./s1. The Morgan fingerprint density at radius 1 is 0.966 bits per heavy atom. The maximum absolute atomic E-state index is 12.8. The fourth-order valence-electron chi connectivity index (χ4n) is 4.39. The van der Waals surface area contributed by atoms with Crippen molar-refractivity contribution >= 4 is 12.4 Å². The summed E-state index contributed by atoms with van der Waals surface area (Å²) >= 11 is 0. The number of hydrogen-bond acceptors (Lipinski definition) is 4. The number of rotatable bonds is 4. The van der Waals surface area contributed by atoms with Gasteiger partial charge in [0.05, 0.1) is 11.6 Å². The molecule has 0 amide bonds. The van der Waals surface area contributed by atoms with E-state index < -0.39 is 11.7 Å². The Hall–Kier alpha value is -1.64.